The van der Waals surface area contributed by atoms with Gasteiger partial charge in [-0.25, -0.2) is 24.5 Å². The zero-order valence-corrected chi connectivity index (χ0v) is 28.1. The molecule has 0 bridgehead atoms. The van der Waals surface area contributed by atoms with Crippen LogP contribution in [-0.4, -0.2) is 72.4 Å². The molecule has 2 aromatic heterocycles. The van der Waals surface area contributed by atoms with E-state index in [4.69, 9.17) is 14.5 Å². The second-order valence-electron chi connectivity index (χ2n) is 13.7. The number of ether oxygens (including phenoxy) is 2. The van der Waals surface area contributed by atoms with Crippen molar-refractivity contribution in [2.45, 2.75) is 77.2 Å². The minimum atomic E-state index is -0.535. The molecule has 2 atom stereocenters. The van der Waals surface area contributed by atoms with E-state index in [9.17, 15) is 9.59 Å². The number of rotatable bonds is 7. The molecule has 0 saturated carbocycles. The van der Waals surface area contributed by atoms with Gasteiger partial charge in [0.25, 0.3) is 0 Å². The molecule has 3 aliphatic heterocycles. The third kappa shape index (κ3) is 7.25. The second kappa shape index (κ2) is 13.7. The van der Waals surface area contributed by atoms with E-state index in [1.54, 1.807) is 4.90 Å². The first kappa shape index (κ1) is 32.2. The third-order valence-electron chi connectivity index (χ3n) is 9.10. The summed E-state index contributed by atoms with van der Waals surface area (Å²) in [4.78, 5) is 51.4. The Kier molecular flexibility index (Phi) is 8.99. The summed E-state index contributed by atoms with van der Waals surface area (Å²) in [6.07, 6.45) is 10.9. The van der Waals surface area contributed by atoms with Crippen molar-refractivity contribution in [3.8, 4) is 22.6 Å². The standard InChI is InChI=1S/C38H41N7O4/c1-38(2,3)49-37(47)44-17-7-11-32(44)30-19-28(20-39-30)29-21-40-34(41-22-29)27-15-13-26(14-16-27)31-23-42-35(43-31)33-12-8-18-45(33)36(46)48-24-25-9-5-4-6-10-25/h4-6,9-10,13-16,20-23,32-33H,7-8,11-12,17-19,24H2,1-3H3,(H,42,43)/t32-,33-/m0/s1. The number of aromatic amines is 1. The Labute approximate surface area is 286 Å². The molecule has 5 heterocycles. The van der Waals surface area contributed by atoms with Crippen molar-refractivity contribution < 1.29 is 19.1 Å². The summed E-state index contributed by atoms with van der Waals surface area (Å²) < 4.78 is 11.2. The minimum Gasteiger partial charge on any atom is -0.445 e. The smallest absolute Gasteiger partial charge is 0.410 e. The summed E-state index contributed by atoms with van der Waals surface area (Å²) in [5, 5.41) is 0. The average Bonchev–Trinajstić information content (AvgIpc) is 3.93. The molecule has 0 unspecified atom stereocenters. The average molecular weight is 660 g/mol. The van der Waals surface area contributed by atoms with Crippen LogP contribution in [0.2, 0.25) is 0 Å². The van der Waals surface area contributed by atoms with Gasteiger partial charge in [-0.3, -0.25) is 14.8 Å². The lowest BCUT2D eigenvalue weighted by Gasteiger charge is -2.28. The highest BCUT2D eigenvalue weighted by Crippen LogP contribution is 2.33. The summed E-state index contributed by atoms with van der Waals surface area (Å²) in [5.41, 5.74) is 6.09. The highest BCUT2D eigenvalue weighted by molar-refractivity contribution is 6.02. The lowest BCUT2D eigenvalue weighted by molar-refractivity contribution is 0.0265. The molecule has 4 aromatic rings. The molecule has 2 saturated heterocycles. The number of nitrogens with one attached hydrogen (secondary N) is 1. The number of carbonyl (C=O) groups excluding carboxylic acids is 2. The number of aromatic nitrogens is 4. The highest BCUT2D eigenvalue weighted by Gasteiger charge is 2.36. The lowest BCUT2D eigenvalue weighted by Crippen LogP contribution is -2.43. The van der Waals surface area contributed by atoms with E-state index < -0.39 is 5.60 Å². The molecule has 0 radical (unpaired) electrons. The predicted molar refractivity (Wildman–Crippen MR) is 186 cm³/mol. The summed E-state index contributed by atoms with van der Waals surface area (Å²) >= 11 is 0. The number of aliphatic imine (C=N–C) groups is 1. The number of nitrogens with zero attached hydrogens (tertiary/aromatic N) is 6. The molecule has 49 heavy (non-hydrogen) atoms. The maximum absolute atomic E-state index is 12.9. The van der Waals surface area contributed by atoms with E-state index in [-0.39, 0.29) is 30.9 Å². The van der Waals surface area contributed by atoms with Crippen LogP contribution in [0.25, 0.3) is 28.2 Å². The number of allylic oxidation sites excluding steroid dienone is 1. The van der Waals surface area contributed by atoms with Crippen LogP contribution in [-0.2, 0) is 16.1 Å². The van der Waals surface area contributed by atoms with Gasteiger partial charge in [-0.1, -0.05) is 54.6 Å². The Morgan fingerprint density at radius 2 is 1.49 bits per heavy atom. The molecule has 7 rings (SSSR count). The number of hydrogen-bond donors (Lipinski definition) is 1. The van der Waals surface area contributed by atoms with E-state index in [0.29, 0.717) is 25.3 Å². The van der Waals surface area contributed by atoms with Crippen molar-refractivity contribution in [2.75, 3.05) is 13.1 Å². The molecule has 11 nitrogen and oxygen atoms in total. The van der Waals surface area contributed by atoms with Gasteiger partial charge in [-0.15, -0.1) is 0 Å². The van der Waals surface area contributed by atoms with Gasteiger partial charge in [-0.2, -0.15) is 0 Å². The third-order valence-corrected chi connectivity index (χ3v) is 9.10. The Bertz CT molecular complexity index is 1860. The van der Waals surface area contributed by atoms with Crippen LogP contribution in [0.1, 0.15) is 75.9 Å². The van der Waals surface area contributed by atoms with Crippen molar-refractivity contribution >= 4 is 23.5 Å². The molecular formula is C38H41N7O4. The maximum Gasteiger partial charge on any atom is 0.410 e. The number of benzene rings is 2. The van der Waals surface area contributed by atoms with Gasteiger partial charge in [0.05, 0.1) is 24.0 Å². The Hall–Kier alpha value is -5.32. The zero-order chi connectivity index (χ0) is 34.0. The Morgan fingerprint density at radius 1 is 0.816 bits per heavy atom. The van der Waals surface area contributed by atoms with Crippen molar-refractivity contribution in [1.29, 1.82) is 0 Å². The van der Waals surface area contributed by atoms with Gasteiger partial charge in [0.2, 0.25) is 0 Å². The van der Waals surface area contributed by atoms with Crippen molar-refractivity contribution in [1.82, 2.24) is 29.7 Å². The number of H-pyrrole nitrogens is 1. The Balaban J connectivity index is 0.954. The summed E-state index contributed by atoms with van der Waals surface area (Å²) in [6.45, 7) is 7.22. The molecule has 2 fully saturated rings. The van der Waals surface area contributed by atoms with Crippen LogP contribution in [0.3, 0.4) is 0 Å². The molecular weight excluding hydrogens is 618 g/mol. The van der Waals surface area contributed by atoms with Gasteiger partial charge in [-0.05, 0) is 63.2 Å². The molecule has 0 spiro atoms. The fraction of sp³-hybridized carbons (Fsp3) is 0.368. The molecule has 2 amide bonds. The van der Waals surface area contributed by atoms with Gasteiger partial charge >= 0.3 is 12.2 Å². The lowest BCUT2D eigenvalue weighted by atomic mass is 10.0. The Morgan fingerprint density at radius 3 is 2.20 bits per heavy atom. The largest absolute Gasteiger partial charge is 0.445 e. The molecule has 0 aliphatic carbocycles. The normalized spacial score (nSPS) is 19.2. The molecule has 2 aromatic carbocycles. The van der Waals surface area contributed by atoms with E-state index in [0.717, 1.165) is 70.7 Å². The van der Waals surface area contributed by atoms with Crippen molar-refractivity contribution in [3.63, 3.8) is 0 Å². The number of likely N-dealkylation sites (tertiary alicyclic amines) is 2. The first-order valence-electron chi connectivity index (χ1n) is 16.9. The summed E-state index contributed by atoms with van der Waals surface area (Å²) in [6, 6.07) is 17.5. The minimum absolute atomic E-state index is 0.0493. The molecule has 1 N–H and O–H groups in total. The number of hydrogen-bond acceptors (Lipinski definition) is 8. The van der Waals surface area contributed by atoms with Crippen molar-refractivity contribution in [2.24, 2.45) is 4.99 Å². The van der Waals surface area contributed by atoms with Gasteiger partial charge in [0.15, 0.2) is 5.82 Å². The van der Waals surface area contributed by atoms with E-state index in [1.165, 1.54) is 0 Å². The monoisotopic (exact) mass is 659 g/mol. The van der Waals surface area contributed by atoms with Crippen LogP contribution in [0, 0.1) is 0 Å². The number of carbonyl (C=O) groups is 2. The van der Waals surface area contributed by atoms with Crippen LogP contribution >= 0.6 is 0 Å². The number of imidazole rings is 1. The van der Waals surface area contributed by atoms with E-state index in [1.807, 2.05) is 105 Å². The number of amides is 2. The van der Waals surface area contributed by atoms with Crippen molar-refractivity contribution in [3.05, 3.63) is 96.3 Å². The topological polar surface area (TPSA) is 126 Å². The SMILES string of the molecule is CC(C)(C)OC(=O)N1CCC[C@H]1C1=NC=C(c2cnc(-c3ccc(-c4cnc([C@@H]5CCCN5C(=O)OCc5ccccc5)[nH]4)cc3)nc2)C1. The predicted octanol–water partition coefficient (Wildman–Crippen LogP) is 7.59. The first-order valence-corrected chi connectivity index (χ1v) is 16.9. The quantitative estimate of drug-likeness (QED) is 0.217. The molecule has 252 valence electrons. The summed E-state index contributed by atoms with van der Waals surface area (Å²) in [7, 11) is 0. The molecule has 11 heteroatoms. The van der Waals surface area contributed by atoms with Gasteiger partial charge in [0.1, 0.15) is 18.0 Å². The van der Waals surface area contributed by atoms with Crippen LogP contribution in [0.15, 0.2) is 84.4 Å². The summed E-state index contributed by atoms with van der Waals surface area (Å²) in [5.74, 6) is 1.38. The van der Waals surface area contributed by atoms with Gasteiger partial charge in [0, 0.05) is 54.9 Å². The molecule has 3 aliphatic rings. The van der Waals surface area contributed by atoms with E-state index >= 15 is 0 Å². The fourth-order valence-electron chi connectivity index (χ4n) is 6.65. The van der Waals surface area contributed by atoms with Crippen LogP contribution < -0.4 is 0 Å². The highest BCUT2D eigenvalue weighted by atomic mass is 16.6. The zero-order valence-electron chi connectivity index (χ0n) is 28.1. The van der Waals surface area contributed by atoms with Crippen LogP contribution in [0.5, 0.6) is 0 Å². The van der Waals surface area contributed by atoms with Gasteiger partial charge < -0.3 is 14.5 Å². The fourth-order valence-corrected chi connectivity index (χ4v) is 6.65. The maximum atomic E-state index is 12.9. The van der Waals surface area contributed by atoms with E-state index in [2.05, 4.69) is 19.9 Å². The first-order chi connectivity index (χ1) is 23.7. The second-order valence-corrected chi connectivity index (χ2v) is 13.7. The van der Waals surface area contributed by atoms with Crippen LogP contribution in [0.4, 0.5) is 9.59 Å².